The normalized spacial score (nSPS) is 10.5. The van der Waals surface area contributed by atoms with Crippen LogP contribution in [0.3, 0.4) is 0 Å². The average Bonchev–Trinajstić information content (AvgIpc) is 2.34. The monoisotopic (exact) mass is 151 g/mol. The summed E-state index contributed by atoms with van der Waals surface area (Å²) < 4.78 is 1.44. The molecule has 0 bridgehead atoms. The summed E-state index contributed by atoms with van der Waals surface area (Å²) in [5.74, 6) is 0.690. The highest BCUT2D eigenvalue weighted by Crippen LogP contribution is 2.02. The van der Waals surface area contributed by atoms with Gasteiger partial charge in [-0.05, 0) is 0 Å². The minimum absolute atomic E-state index is 0.100. The Kier molecular flexibility index (Phi) is 0.945. The van der Waals surface area contributed by atoms with Crippen molar-refractivity contribution in [2.45, 2.75) is 0 Å². The van der Waals surface area contributed by atoms with Crippen LogP contribution in [-0.4, -0.2) is 24.6 Å². The van der Waals surface area contributed by atoms with Gasteiger partial charge in [-0.25, -0.2) is 4.40 Å². The molecule has 0 spiro atoms. The van der Waals surface area contributed by atoms with Crippen LogP contribution in [0.15, 0.2) is 6.33 Å². The van der Waals surface area contributed by atoms with Gasteiger partial charge in [0.2, 0.25) is 11.9 Å². The lowest BCUT2D eigenvalue weighted by Gasteiger charge is -1.95. The van der Waals surface area contributed by atoms with E-state index >= 15 is 0 Å². The molecular formula is C4H5N7. The van der Waals surface area contributed by atoms with E-state index in [0.717, 1.165) is 0 Å². The van der Waals surface area contributed by atoms with Crippen LogP contribution >= 0.6 is 0 Å². The average molecular weight is 151 g/mol. The van der Waals surface area contributed by atoms with Crippen molar-refractivity contribution in [3.8, 4) is 0 Å². The highest BCUT2D eigenvalue weighted by atomic mass is 15.3. The first-order valence-corrected chi connectivity index (χ1v) is 2.86. The minimum Gasteiger partial charge on any atom is -0.369 e. The third-order valence-electron chi connectivity index (χ3n) is 1.22. The molecule has 0 radical (unpaired) electrons. The zero-order valence-electron chi connectivity index (χ0n) is 5.47. The molecular weight excluding hydrogens is 146 g/mol. The number of anilines is 2. The quantitative estimate of drug-likeness (QED) is 0.483. The van der Waals surface area contributed by atoms with Gasteiger partial charge in [0, 0.05) is 0 Å². The molecule has 0 saturated carbocycles. The van der Waals surface area contributed by atoms with E-state index in [1.165, 1.54) is 10.7 Å². The summed E-state index contributed by atoms with van der Waals surface area (Å²) in [6.45, 7) is 0. The van der Waals surface area contributed by atoms with Gasteiger partial charge in [-0.3, -0.25) is 0 Å². The smallest absolute Gasteiger partial charge is 0.260 e. The lowest BCUT2D eigenvalue weighted by Crippen LogP contribution is -2.05. The second-order valence-corrected chi connectivity index (χ2v) is 1.94. The Morgan fingerprint density at radius 2 is 2.09 bits per heavy atom. The molecule has 0 atom stereocenters. The van der Waals surface area contributed by atoms with Gasteiger partial charge >= 0.3 is 0 Å². The Morgan fingerprint density at radius 3 is 2.91 bits per heavy atom. The molecule has 2 aromatic rings. The van der Waals surface area contributed by atoms with Gasteiger partial charge in [0.1, 0.15) is 6.33 Å². The fraction of sp³-hybridized carbons (Fsp3) is 0. The van der Waals surface area contributed by atoms with E-state index < -0.39 is 0 Å². The Balaban J connectivity index is 2.91. The third-order valence-corrected chi connectivity index (χ3v) is 1.22. The number of hydrogen-bond acceptors (Lipinski definition) is 6. The molecule has 56 valence electrons. The first kappa shape index (κ1) is 5.83. The second kappa shape index (κ2) is 1.78. The van der Waals surface area contributed by atoms with Crippen molar-refractivity contribution in [2.75, 3.05) is 11.5 Å². The fourth-order valence-electron chi connectivity index (χ4n) is 0.765. The Bertz CT molecular complexity index is 390. The number of nitrogens with zero attached hydrogens (tertiary/aromatic N) is 5. The van der Waals surface area contributed by atoms with Gasteiger partial charge in [-0.1, -0.05) is 0 Å². The first-order chi connectivity index (χ1) is 5.27. The molecule has 0 aliphatic carbocycles. The summed E-state index contributed by atoms with van der Waals surface area (Å²) in [4.78, 5) is 7.47. The Hall–Kier alpha value is -1.92. The molecule has 2 heterocycles. The number of hydrogen-bond donors (Lipinski definition) is 2. The van der Waals surface area contributed by atoms with Crippen LogP contribution in [0.1, 0.15) is 0 Å². The van der Waals surface area contributed by atoms with Crippen molar-refractivity contribution in [1.82, 2.24) is 24.6 Å². The number of aromatic nitrogens is 5. The molecule has 0 aliphatic rings. The Labute approximate surface area is 61.1 Å². The van der Waals surface area contributed by atoms with Gasteiger partial charge in [0.25, 0.3) is 5.78 Å². The zero-order valence-corrected chi connectivity index (χ0v) is 5.47. The summed E-state index contributed by atoms with van der Waals surface area (Å²) in [6.07, 6.45) is 1.42. The summed E-state index contributed by atoms with van der Waals surface area (Å²) in [5, 5.41) is 7.22. The molecule has 0 unspecified atom stereocenters. The van der Waals surface area contributed by atoms with E-state index in [1.807, 2.05) is 0 Å². The summed E-state index contributed by atoms with van der Waals surface area (Å²) in [6, 6.07) is 0. The van der Waals surface area contributed by atoms with Gasteiger partial charge in [-0.15, -0.1) is 10.2 Å². The summed E-state index contributed by atoms with van der Waals surface area (Å²) in [7, 11) is 0. The van der Waals surface area contributed by atoms with E-state index in [1.54, 1.807) is 0 Å². The molecule has 2 aromatic heterocycles. The molecule has 0 aromatic carbocycles. The van der Waals surface area contributed by atoms with E-state index in [2.05, 4.69) is 20.2 Å². The Morgan fingerprint density at radius 1 is 1.27 bits per heavy atom. The standard InChI is InChI=1S/C4H5N7/c5-2-8-3(6)11-1-7-10-4(11)9-2/h1H,(H4,5,6,8,9,10). The number of nitrogen functional groups attached to an aromatic ring is 2. The van der Waals surface area contributed by atoms with Crippen LogP contribution in [0.4, 0.5) is 11.9 Å². The molecule has 2 rings (SSSR count). The summed E-state index contributed by atoms with van der Waals surface area (Å²) in [5.41, 5.74) is 10.8. The SMILES string of the molecule is Nc1nc(N)n2cnnc2n1. The van der Waals surface area contributed by atoms with Crippen LogP contribution in [0.2, 0.25) is 0 Å². The third kappa shape index (κ3) is 0.741. The predicted molar refractivity (Wildman–Crippen MR) is 37.4 cm³/mol. The van der Waals surface area contributed by atoms with Crippen molar-refractivity contribution in [2.24, 2.45) is 0 Å². The van der Waals surface area contributed by atoms with Crippen molar-refractivity contribution in [3.05, 3.63) is 6.33 Å². The maximum atomic E-state index is 5.45. The summed E-state index contributed by atoms with van der Waals surface area (Å²) >= 11 is 0. The van der Waals surface area contributed by atoms with Crippen molar-refractivity contribution in [3.63, 3.8) is 0 Å². The molecule has 0 saturated heterocycles. The van der Waals surface area contributed by atoms with Crippen LogP contribution in [0.5, 0.6) is 0 Å². The van der Waals surface area contributed by atoms with E-state index in [9.17, 15) is 0 Å². The lowest BCUT2D eigenvalue weighted by atomic mass is 10.8. The van der Waals surface area contributed by atoms with Crippen LogP contribution < -0.4 is 11.5 Å². The lowest BCUT2D eigenvalue weighted by molar-refractivity contribution is 1.04. The molecule has 4 N–H and O–H groups in total. The van der Waals surface area contributed by atoms with E-state index in [0.29, 0.717) is 5.78 Å². The maximum Gasteiger partial charge on any atom is 0.260 e. The molecule has 7 heteroatoms. The van der Waals surface area contributed by atoms with Crippen molar-refractivity contribution in [1.29, 1.82) is 0 Å². The van der Waals surface area contributed by atoms with Gasteiger partial charge in [0.05, 0.1) is 0 Å². The van der Waals surface area contributed by atoms with Gasteiger partial charge in [-0.2, -0.15) is 9.97 Å². The number of fused-ring (bicyclic) bond motifs is 1. The molecule has 0 amide bonds. The molecule has 11 heavy (non-hydrogen) atoms. The molecule has 7 nitrogen and oxygen atoms in total. The largest absolute Gasteiger partial charge is 0.369 e. The highest BCUT2D eigenvalue weighted by molar-refractivity contribution is 5.39. The van der Waals surface area contributed by atoms with Crippen molar-refractivity contribution >= 4 is 17.7 Å². The maximum absolute atomic E-state index is 5.45. The van der Waals surface area contributed by atoms with Crippen LogP contribution in [0.25, 0.3) is 5.78 Å². The predicted octanol–water partition coefficient (Wildman–Crippen LogP) is -1.32. The van der Waals surface area contributed by atoms with E-state index in [4.69, 9.17) is 11.5 Å². The van der Waals surface area contributed by atoms with Crippen molar-refractivity contribution < 1.29 is 0 Å². The fourth-order valence-corrected chi connectivity index (χ4v) is 0.765. The zero-order chi connectivity index (χ0) is 7.84. The minimum atomic E-state index is 0.100. The number of rotatable bonds is 0. The molecule has 0 aliphatic heterocycles. The van der Waals surface area contributed by atoms with E-state index in [-0.39, 0.29) is 11.9 Å². The highest BCUT2D eigenvalue weighted by Gasteiger charge is 2.01. The van der Waals surface area contributed by atoms with Crippen LogP contribution in [0, 0.1) is 0 Å². The second-order valence-electron chi connectivity index (χ2n) is 1.94. The first-order valence-electron chi connectivity index (χ1n) is 2.86. The van der Waals surface area contributed by atoms with Gasteiger partial charge < -0.3 is 11.5 Å². The van der Waals surface area contributed by atoms with Crippen LogP contribution in [-0.2, 0) is 0 Å². The van der Waals surface area contributed by atoms with Gasteiger partial charge in [0.15, 0.2) is 0 Å². The molecule has 0 fully saturated rings. The topological polar surface area (TPSA) is 108 Å². The number of nitrogens with two attached hydrogens (primary N) is 2.